The molecule has 1 atom stereocenters. The van der Waals surface area contributed by atoms with Crippen LogP contribution in [0.5, 0.6) is 0 Å². The summed E-state index contributed by atoms with van der Waals surface area (Å²) in [4.78, 5) is 19.5. The Morgan fingerprint density at radius 1 is 1.03 bits per heavy atom. The number of carbonyl (C=O) groups is 1. The number of amides is 1. The number of aromatic nitrogens is 1. The maximum Gasteiger partial charge on any atom is 0.240 e. The molecule has 3 aromatic rings. The predicted octanol–water partition coefficient (Wildman–Crippen LogP) is 3.92. The first-order valence-electron chi connectivity index (χ1n) is 12.1. The molecule has 190 valence electrons. The minimum atomic E-state index is -3.69. The van der Waals surface area contributed by atoms with Crippen molar-refractivity contribution in [1.82, 2.24) is 14.6 Å². The summed E-state index contributed by atoms with van der Waals surface area (Å²) in [6, 6.07) is 12.2. The van der Waals surface area contributed by atoms with Crippen LogP contribution in [-0.2, 0) is 19.6 Å². The molecule has 10 heteroatoms. The van der Waals surface area contributed by atoms with Gasteiger partial charge in [-0.05, 0) is 55.5 Å². The minimum absolute atomic E-state index is 0.0531. The van der Waals surface area contributed by atoms with Crippen LogP contribution in [-0.4, -0.2) is 50.0 Å². The summed E-state index contributed by atoms with van der Waals surface area (Å²) in [6.45, 7) is 1.33. The molecule has 5 rings (SSSR count). The number of morpholine rings is 1. The van der Waals surface area contributed by atoms with Crippen LogP contribution < -0.4 is 4.72 Å². The molecule has 2 aromatic carbocycles. The van der Waals surface area contributed by atoms with Crippen molar-refractivity contribution in [2.24, 2.45) is 5.92 Å². The highest BCUT2D eigenvalue weighted by Gasteiger charge is 2.35. The molecule has 0 bridgehead atoms. The van der Waals surface area contributed by atoms with Gasteiger partial charge in [0.25, 0.3) is 0 Å². The fourth-order valence-electron chi connectivity index (χ4n) is 4.97. The van der Waals surface area contributed by atoms with Gasteiger partial charge in [-0.15, -0.1) is 0 Å². The SMILES string of the molecule is O=C([C@H]1CC[C@H](NS(=O)(=O)c2ccc(-c3cocn3)cc2)CC1)N1CCOC[C@@H]1c1ccc(F)cc1. The van der Waals surface area contributed by atoms with E-state index < -0.39 is 10.0 Å². The van der Waals surface area contributed by atoms with Gasteiger partial charge in [-0.1, -0.05) is 24.3 Å². The number of hydrogen-bond acceptors (Lipinski definition) is 6. The number of sulfonamides is 1. The number of rotatable bonds is 6. The molecule has 1 saturated carbocycles. The molecule has 0 spiro atoms. The van der Waals surface area contributed by atoms with E-state index in [1.54, 1.807) is 36.4 Å². The maximum atomic E-state index is 13.4. The van der Waals surface area contributed by atoms with Crippen LogP contribution >= 0.6 is 0 Å². The van der Waals surface area contributed by atoms with Gasteiger partial charge in [0.15, 0.2) is 6.39 Å². The van der Waals surface area contributed by atoms with E-state index in [0.29, 0.717) is 51.1 Å². The topological polar surface area (TPSA) is 102 Å². The van der Waals surface area contributed by atoms with Crippen LogP contribution in [0.4, 0.5) is 4.39 Å². The van der Waals surface area contributed by atoms with E-state index in [4.69, 9.17) is 9.15 Å². The molecule has 36 heavy (non-hydrogen) atoms. The Morgan fingerprint density at radius 3 is 2.42 bits per heavy atom. The number of oxazole rings is 1. The van der Waals surface area contributed by atoms with E-state index in [-0.39, 0.29) is 34.6 Å². The summed E-state index contributed by atoms with van der Waals surface area (Å²) in [6.07, 6.45) is 5.19. The third-order valence-electron chi connectivity index (χ3n) is 6.96. The average Bonchev–Trinajstić information content (AvgIpc) is 3.44. The molecule has 8 nitrogen and oxygen atoms in total. The third-order valence-corrected chi connectivity index (χ3v) is 8.49. The molecule has 1 saturated heterocycles. The van der Waals surface area contributed by atoms with E-state index >= 15 is 0 Å². The van der Waals surface area contributed by atoms with E-state index in [1.807, 2.05) is 4.90 Å². The first-order valence-corrected chi connectivity index (χ1v) is 13.5. The molecule has 2 fully saturated rings. The monoisotopic (exact) mass is 513 g/mol. The third kappa shape index (κ3) is 5.35. The molecule has 0 unspecified atom stereocenters. The number of halogens is 1. The van der Waals surface area contributed by atoms with Crippen molar-refractivity contribution in [2.45, 2.75) is 42.7 Å². The first kappa shape index (κ1) is 24.6. The van der Waals surface area contributed by atoms with E-state index in [0.717, 1.165) is 11.1 Å². The molecule has 2 aliphatic rings. The van der Waals surface area contributed by atoms with Crippen molar-refractivity contribution in [3.8, 4) is 11.3 Å². The summed E-state index contributed by atoms with van der Waals surface area (Å²) in [5.74, 6) is -0.439. The maximum absolute atomic E-state index is 13.4. The zero-order valence-corrected chi connectivity index (χ0v) is 20.5. The number of benzene rings is 2. The Balaban J connectivity index is 1.19. The normalized spacial score (nSPS) is 22.9. The molecular formula is C26H28FN3O5S. The zero-order chi connectivity index (χ0) is 25.1. The number of carbonyl (C=O) groups excluding carboxylic acids is 1. The van der Waals surface area contributed by atoms with Crippen LogP contribution in [0.15, 0.2) is 70.5 Å². The summed E-state index contributed by atoms with van der Waals surface area (Å²) in [5.41, 5.74) is 2.25. The van der Waals surface area contributed by atoms with Crippen LogP contribution in [0.3, 0.4) is 0 Å². The number of nitrogens with zero attached hydrogens (tertiary/aromatic N) is 2. The van der Waals surface area contributed by atoms with Gasteiger partial charge in [-0.25, -0.2) is 22.5 Å². The lowest BCUT2D eigenvalue weighted by Gasteiger charge is -2.39. The Labute approximate surface area is 209 Å². The average molecular weight is 514 g/mol. The van der Waals surface area contributed by atoms with Crippen molar-refractivity contribution in [3.63, 3.8) is 0 Å². The van der Waals surface area contributed by atoms with Gasteiger partial charge in [-0.2, -0.15) is 0 Å². The van der Waals surface area contributed by atoms with Gasteiger partial charge in [0, 0.05) is 24.1 Å². The number of ether oxygens (including phenoxy) is 1. The second kappa shape index (κ2) is 10.5. The number of nitrogens with one attached hydrogen (secondary N) is 1. The summed E-state index contributed by atoms with van der Waals surface area (Å²) < 4.78 is 52.6. The van der Waals surface area contributed by atoms with Crippen LogP contribution in [0.1, 0.15) is 37.3 Å². The Morgan fingerprint density at radius 2 is 1.75 bits per heavy atom. The first-order chi connectivity index (χ1) is 17.4. The minimum Gasteiger partial charge on any atom is -0.451 e. The second-order valence-corrected chi connectivity index (χ2v) is 11.0. The highest BCUT2D eigenvalue weighted by atomic mass is 32.2. The van der Waals surface area contributed by atoms with Crippen molar-refractivity contribution in [2.75, 3.05) is 19.8 Å². The van der Waals surface area contributed by atoms with Crippen molar-refractivity contribution in [3.05, 3.63) is 72.6 Å². The lowest BCUT2D eigenvalue weighted by molar-refractivity contribution is -0.145. The predicted molar refractivity (Wildman–Crippen MR) is 130 cm³/mol. The molecule has 0 radical (unpaired) electrons. The van der Waals surface area contributed by atoms with Crippen molar-refractivity contribution < 1.29 is 26.8 Å². The van der Waals surface area contributed by atoms with Crippen molar-refractivity contribution in [1.29, 1.82) is 0 Å². The molecule has 2 heterocycles. The van der Waals surface area contributed by atoms with E-state index in [1.165, 1.54) is 24.8 Å². The summed E-state index contributed by atoms with van der Waals surface area (Å²) >= 11 is 0. The lowest BCUT2D eigenvalue weighted by atomic mass is 9.85. The van der Waals surface area contributed by atoms with Crippen LogP contribution in [0.2, 0.25) is 0 Å². The van der Waals surface area contributed by atoms with E-state index in [9.17, 15) is 17.6 Å². The smallest absolute Gasteiger partial charge is 0.240 e. The highest BCUT2D eigenvalue weighted by molar-refractivity contribution is 7.89. The molecule has 1 aromatic heterocycles. The summed E-state index contributed by atoms with van der Waals surface area (Å²) in [5, 5.41) is 0. The molecular weight excluding hydrogens is 485 g/mol. The van der Waals surface area contributed by atoms with Gasteiger partial charge >= 0.3 is 0 Å². The highest BCUT2D eigenvalue weighted by Crippen LogP contribution is 2.32. The van der Waals surface area contributed by atoms with Gasteiger partial charge in [0.05, 0.1) is 24.2 Å². The van der Waals surface area contributed by atoms with Gasteiger partial charge in [0.1, 0.15) is 17.8 Å². The number of hydrogen-bond donors (Lipinski definition) is 1. The van der Waals surface area contributed by atoms with Crippen LogP contribution in [0, 0.1) is 11.7 Å². The zero-order valence-electron chi connectivity index (χ0n) is 19.7. The molecule has 1 N–H and O–H groups in total. The molecule has 1 aliphatic carbocycles. The van der Waals surface area contributed by atoms with Gasteiger partial charge in [-0.3, -0.25) is 4.79 Å². The Bertz CT molecular complexity index is 1270. The Kier molecular flexibility index (Phi) is 7.17. The van der Waals surface area contributed by atoms with Gasteiger partial charge < -0.3 is 14.1 Å². The van der Waals surface area contributed by atoms with E-state index in [2.05, 4.69) is 9.71 Å². The van der Waals surface area contributed by atoms with Gasteiger partial charge in [0.2, 0.25) is 15.9 Å². The Hall–Kier alpha value is -3.08. The molecule has 1 amide bonds. The lowest BCUT2D eigenvalue weighted by Crippen LogP contribution is -2.47. The largest absolute Gasteiger partial charge is 0.451 e. The second-order valence-electron chi connectivity index (χ2n) is 9.24. The quantitative estimate of drug-likeness (QED) is 0.536. The summed E-state index contributed by atoms with van der Waals surface area (Å²) in [7, 11) is -3.69. The van der Waals surface area contributed by atoms with Crippen molar-refractivity contribution >= 4 is 15.9 Å². The molecule has 1 aliphatic heterocycles. The standard InChI is InChI=1S/C26H28FN3O5S/c27-21-7-1-19(2-8-21)25-16-34-14-13-30(25)26(31)20-3-9-22(10-4-20)29-36(32,33)23-11-5-18(6-12-23)24-15-35-17-28-24/h1-2,5-8,11-12,15,17,20,22,25,29H,3-4,9-10,13-14,16H2/t20-,22-,25-/m1/s1. The fourth-order valence-corrected chi connectivity index (χ4v) is 6.27. The van der Waals surface area contributed by atoms with Crippen LogP contribution in [0.25, 0.3) is 11.3 Å². The fraction of sp³-hybridized carbons (Fsp3) is 0.385.